The Balaban J connectivity index is 1.82. The van der Waals surface area contributed by atoms with Crippen molar-refractivity contribution in [3.8, 4) is 5.75 Å². The molecule has 0 bridgehead atoms. The molecule has 0 saturated carbocycles. The summed E-state index contributed by atoms with van der Waals surface area (Å²) in [7, 11) is 1.65. The van der Waals surface area contributed by atoms with Gasteiger partial charge in [-0.3, -0.25) is 4.79 Å². The van der Waals surface area contributed by atoms with E-state index in [-0.39, 0.29) is 5.91 Å². The highest BCUT2D eigenvalue weighted by atomic mass is 16.5. The molecule has 6 heteroatoms. The smallest absolute Gasteiger partial charge is 0.270 e. The summed E-state index contributed by atoms with van der Waals surface area (Å²) in [5, 5.41) is 6.04. The minimum atomic E-state index is -0.166. The second kappa shape index (κ2) is 9.61. The molecule has 0 unspecified atom stereocenters. The summed E-state index contributed by atoms with van der Waals surface area (Å²) in [6.07, 6.45) is 3.38. The van der Waals surface area contributed by atoms with E-state index in [2.05, 4.69) is 34.4 Å². The van der Waals surface area contributed by atoms with Gasteiger partial charge in [0, 0.05) is 19.3 Å². The monoisotopic (exact) mass is 342 g/mol. The van der Waals surface area contributed by atoms with Gasteiger partial charge in [0.25, 0.3) is 5.91 Å². The standard InChI is InChI=1S/C19H26N4O2/c1-14(2)8-11-20-18(24)17-10-13-22-19(23-17)21-12-9-15-4-6-16(25-3)7-5-15/h4-7,10,13-14H,8-9,11-12H2,1-3H3,(H,20,24)(H,21,22,23). The fourth-order valence-electron chi connectivity index (χ4n) is 2.25. The molecule has 0 atom stereocenters. The number of methoxy groups -OCH3 is 1. The molecule has 0 spiro atoms. The van der Waals surface area contributed by atoms with E-state index in [0.717, 1.165) is 18.6 Å². The fourth-order valence-corrected chi connectivity index (χ4v) is 2.25. The van der Waals surface area contributed by atoms with Crippen molar-refractivity contribution in [1.82, 2.24) is 15.3 Å². The molecular formula is C19H26N4O2. The van der Waals surface area contributed by atoms with E-state index in [4.69, 9.17) is 4.74 Å². The third kappa shape index (κ3) is 6.41. The quantitative estimate of drug-likeness (QED) is 0.733. The highest BCUT2D eigenvalue weighted by Gasteiger charge is 2.08. The van der Waals surface area contributed by atoms with E-state index in [1.807, 2.05) is 24.3 Å². The van der Waals surface area contributed by atoms with Crippen molar-refractivity contribution < 1.29 is 9.53 Å². The predicted molar refractivity (Wildman–Crippen MR) is 99.0 cm³/mol. The summed E-state index contributed by atoms with van der Waals surface area (Å²) < 4.78 is 5.15. The van der Waals surface area contributed by atoms with Gasteiger partial charge < -0.3 is 15.4 Å². The van der Waals surface area contributed by atoms with Crippen LogP contribution in [0.5, 0.6) is 5.75 Å². The molecule has 0 radical (unpaired) electrons. The zero-order valence-corrected chi connectivity index (χ0v) is 15.1. The SMILES string of the molecule is COc1ccc(CCNc2nccc(C(=O)NCCC(C)C)n2)cc1. The van der Waals surface area contributed by atoms with Crippen LogP contribution in [0.1, 0.15) is 36.3 Å². The number of hydrogen-bond acceptors (Lipinski definition) is 5. The lowest BCUT2D eigenvalue weighted by Gasteiger charge is -2.08. The molecule has 1 heterocycles. The molecule has 25 heavy (non-hydrogen) atoms. The van der Waals surface area contributed by atoms with Crippen LogP contribution < -0.4 is 15.4 Å². The molecule has 0 aliphatic carbocycles. The Morgan fingerprint density at radius 3 is 2.60 bits per heavy atom. The van der Waals surface area contributed by atoms with Gasteiger partial charge in [-0.05, 0) is 42.5 Å². The summed E-state index contributed by atoms with van der Waals surface area (Å²) in [6.45, 7) is 5.59. The van der Waals surface area contributed by atoms with Crippen LogP contribution >= 0.6 is 0 Å². The normalized spacial score (nSPS) is 10.6. The molecule has 0 aliphatic heterocycles. The van der Waals surface area contributed by atoms with Crippen LogP contribution in [0.25, 0.3) is 0 Å². The van der Waals surface area contributed by atoms with Gasteiger partial charge in [-0.15, -0.1) is 0 Å². The zero-order valence-electron chi connectivity index (χ0n) is 15.1. The van der Waals surface area contributed by atoms with Crippen molar-refractivity contribution in [3.63, 3.8) is 0 Å². The van der Waals surface area contributed by atoms with Crippen molar-refractivity contribution >= 4 is 11.9 Å². The van der Waals surface area contributed by atoms with Gasteiger partial charge in [0.1, 0.15) is 11.4 Å². The van der Waals surface area contributed by atoms with Crippen molar-refractivity contribution in [3.05, 3.63) is 47.8 Å². The maximum absolute atomic E-state index is 12.1. The van der Waals surface area contributed by atoms with Crippen LogP contribution in [0, 0.1) is 5.92 Å². The molecular weight excluding hydrogens is 316 g/mol. The van der Waals surface area contributed by atoms with E-state index >= 15 is 0 Å². The first-order valence-corrected chi connectivity index (χ1v) is 8.56. The molecule has 1 aromatic heterocycles. The van der Waals surface area contributed by atoms with Crippen molar-refractivity contribution in [2.24, 2.45) is 5.92 Å². The third-order valence-electron chi connectivity index (χ3n) is 3.75. The maximum atomic E-state index is 12.1. The maximum Gasteiger partial charge on any atom is 0.270 e. The van der Waals surface area contributed by atoms with Gasteiger partial charge in [0.05, 0.1) is 7.11 Å². The summed E-state index contributed by atoms with van der Waals surface area (Å²) in [5.74, 6) is 1.70. The van der Waals surface area contributed by atoms with Crippen LogP contribution in [-0.2, 0) is 6.42 Å². The number of aromatic nitrogens is 2. The Morgan fingerprint density at radius 1 is 1.16 bits per heavy atom. The molecule has 1 amide bonds. The number of anilines is 1. The number of nitrogens with zero attached hydrogens (tertiary/aromatic N) is 2. The molecule has 0 fully saturated rings. The highest BCUT2D eigenvalue weighted by molar-refractivity contribution is 5.92. The Bertz CT molecular complexity index is 671. The summed E-state index contributed by atoms with van der Waals surface area (Å²) >= 11 is 0. The molecule has 6 nitrogen and oxygen atoms in total. The Hall–Kier alpha value is -2.63. The summed E-state index contributed by atoms with van der Waals surface area (Å²) in [4.78, 5) is 20.5. The second-order valence-electron chi connectivity index (χ2n) is 6.23. The lowest BCUT2D eigenvalue weighted by atomic mass is 10.1. The van der Waals surface area contributed by atoms with Crippen LogP contribution in [0.4, 0.5) is 5.95 Å². The van der Waals surface area contributed by atoms with Gasteiger partial charge in [-0.25, -0.2) is 9.97 Å². The molecule has 1 aromatic carbocycles. The fraction of sp³-hybridized carbons (Fsp3) is 0.421. The minimum Gasteiger partial charge on any atom is -0.497 e. The second-order valence-corrected chi connectivity index (χ2v) is 6.23. The third-order valence-corrected chi connectivity index (χ3v) is 3.75. The number of nitrogens with one attached hydrogen (secondary N) is 2. The summed E-state index contributed by atoms with van der Waals surface area (Å²) in [5.41, 5.74) is 1.57. The first kappa shape index (κ1) is 18.7. The van der Waals surface area contributed by atoms with Gasteiger partial charge >= 0.3 is 0 Å². The number of rotatable bonds is 9. The minimum absolute atomic E-state index is 0.166. The van der Waals surface area contributed by atoms with E-state index < -0.39 is 0 Å². The van der Waals surface area contributed by atoms with Gasteiger partial charge in [0.2, 0.25) is 5.95 Å². The van der Waals surface area contributed by atoms with Gasteiger partial charge in [-0.2, -0.15) is 0 Å². The summed E-state index contributed by atoms with van der Waals surface area (Å²) in [6, 6.07) is 9.56. The molecule has 2 N–H and O–H groups in total. The van der Waals surface area contributed by atoms with Gasteiger partial charge in [0.15, 0.2) is 0 Å². The number of amides is 1. The van der Waals surface area contributed by atoms with E-state index in [9.17, 15) is 4.79 Å². The van der Waals surface area contributed by atoms with Crippen LogP contribution in [0.15, 0.2) is 36.5 Å². The van der Waals surface area contributed by atoms with Gasteiger partial charge in [-0.1, -0.05) is 26.0 Å². The molecule has 134 valence electrons. The molecule has 2 rings (SSSR count). The molecule has 2 aromatic rings. The average molecular weight is 342 g/mol. The van der Waals surface area contributed by atoms with Crippen LogP contribution in [-0.4, -0.2) is 36.1 Å². The van der Waals surface area contributed by atoms with Crippen molar-refractivity contribution in [1.29, 1.82) is 0 Å². The predicted octanol–water partition coefficient (Wildman–Crippen LogP) is 2.92. The molecule has 0 saturated heterocycles. The van der Waals surface area contributed by atoms with Crippen LogP contribution in [0.2, 0.25) is 0 Å². The number of carbonyl (C=O) groups excluding carboxylic acids is 1. The Morgan fingerprint density at radius 2 is 1.92 bits per heavy atom. The average Bonchev–Trinajstić information content (AvgIpc) is 2.62. The topological polar surface area (TPSA) is 76.1 Å². The first-order valence-electron chi connectivity index (χ1n) is 8.56. The van der Waals surface area contributed by atoms with E-state index in [1.54, 1.807) is 19.4 Å². The Kier molecular flexibility index (Phi) is 7.19. The van der Waals surface area contributed by atoms with E-state index in [0.29, 0.717) is 30.6 Å². The number of hydrogen-bond donors (Lipinski definition) is 2. The lowest BCUT2D eigenvalue weighted by Crippen LogP contribution is -2.26. The van der Waals surface area contributed by atoms with Crippen molar-refractivity contribution in [2.45, 2.75) is 26.7 Å². The van der Waals surface area contributed by atoms with Crippen LogP contribution in [0.3, 0.4) is 0 Å². The first-order chi connectivity index (χ1) is 12.1. The zero-order chi connectivity index (χ0) is 18.1. The number of carbonyl (C=O) groups is 1. The Labute approximate surface area is 149 Å². The van der Waals surface area contributed by atoms with Crippen molar-refractivity contribution in [2.75, 3.05) is 25.5 Å². The molecule has 0 aliphatic rings. The lowest BCUT2D eigenvalue weighted by molar-refractivity contribution is 0.0947. The largest absolute Gasteiger partial charge is 0.497 e. The van der Waals surface area contributed by atoms with E-state index in [1.165, 1.54) is 5.56 Å². The number of ether oxygens (including phenoxy) is 1. The highest BCUT2D eigenvalue weighted by Crippen LogP contribution is 2.11. The number of benzene rings is 1.